The Balaban J connectivity index is 2.12. The van der Waals surface area contributed by atoms with E-state index in [1.54, 1.807) is 6.07 Å². The lowest BCUT2D eigenvalue weighted by Crippen LogP contribution is -2.12. The van der Waals surface area contributed by atoms with Crippen LogP contribution in [-0.4, -0.2) is 11.0 Å². The number of rotatable bonds is 3. The van der Waals surface area contributed by atoms with Crippen molar-refractivity contribution >= 4 is 11.4 Å². The third-order valence-electron chi connectivity index (χ3n) is 2.80. The van der Waals surface area contributed by atoms with Crippen molar-refractivity contribution in [3.8, 4) is 5.75 Å². The predicted octanol–water partition coefficient (Wildman–Crippen LogP) is 2.50. The fourth-order valence-corrected chi connectivity index (χ4v) is 1.94. The van der Waals surface area contributed by atoms with Crippen LogP contribution in [0.15, 0.2) is 18.2 Å². The standard InChI is InChI=1S/C11H14N2O3/c12-10-7-8(13(14)15)5-6-11(10)16-9-3-1-2-4-9/h5-7,9H,1-4,12H2. The maximum absolute atomic E-state index is 10.5. The summed E-state index contributed by atoms with van der Waals surface area (Å²) in [4.78, 5) is 10.1. The molecule has 0 saturated heterocycles. The Kier molecular flexibility index (Phi) is 2.94. The first-order valence-electron chi connectivity index (χ1n) is 5.37. The Bertz CT molecular complexity index is 400. The second-order valence-corrected chi connectivity index (χ2v) is 4.00. The first-order valence-corrected chi connectivity index (χ1v) is 5.37. The summed E-state index contributed by atoms with van der Waals surface area (Å²) in [5, 5.41) is 10.5. The number of hydrogen-bond donors (Lipinski definition) is 1. The molecule has 1 aromatic carbocycles. The fraction of sp³-hybridized carbons (Fsp3) is 0.455. The summed E-state index contributed by atoms with van der Waals surface area (Å²) in [5.41, 5.74) is 6.04. The van der Waals surface area contributed by atoms with Crippen LogP contribution in [0.1, 0.15) is 25.7 Å². The molecule has 0 amide bonds. The zero-order chi connectivity index (χ0) is 11.5. The summed E-state index contributed by atoms with van der Waals surface area (Å²) in [6.45, 7) is 0. The molecule has 1 aliphatic rings. The third kappa shape index (κ3) is 2.24. The van der Waals surface area contributed by atoms with Gasteiger partial charge in [0, 0.05) is 12.1 Å². The van der Waals surface area contributed by atoms with Crippen LogP contribution in [0.25, 0.3) is 0 Å². The number of hydrogen-bond acceptors (Lipinski definition) is 4. The van der Waals surface area contributed by atoms with Crippen LogP contribution in [0.3, 0.4) is 0 Å². The topological polar surface area (TPSA) is 78.4 Å². The molecule has 0 aliphatic heterocycles. The monoisotopic (exact) mass is 222 g/mol. The van der Waals surface area contributed by atoms with Crippen molar-refractivity contribution < 1.29 is 9.66 Å². The molecule has 0 atom stereocenters. The van der Waals surface area contributed by atoms with E-state index >= 15 is 0 Å². The van der Waals surface area contributed by atoms with Crippen molar-refractivity contribution in [3.05, 3.63) is 28.3 Å². The first-order chi connectivity index (χ1) is 7.66. The molecule has 1 saturated carbocycles. The molecule has 16 heavy (non-hydrogen) atoms. The summed E-state index contributed by atoms with van der Waals surface area (Å²) in [6.07, 6.45) is 4.64. The van der Waals surface area contributed by atoms with E-state index in [0.29, 0.717) is 11.4 Å². The van der Waals surface area contributed by atoms with Gasteiger partial charge in [-0.2, -0.15) is 0 Å². The number of benzene rings is 1. The Morgan fingerprint density at radius 3 is 2.62 bits per heavy atom. The van der Waals surface area contributed by atoms with Crippen LogP contribution in [0.4, 0.5) is 11.4 Å². The molecule has 0 aromatic heterocycles. The van der Waals surface area contributed by atoms with E-state index in [-0.39, 0.29) is 11.8 Å². The lowest BCUT2D eigenvalue weighted by atomic mass is 10.2. The molecule has 0 heterocycles. The Labute approximate surface area is 93.4 Å². The van der Waals surface area contributed by atoms with Crippen molar-refractivity contribution in [1.82, 2.24) is 0 Å². The number of nitro groups is 1. The van der Waals surface area contributed by atoms with Gasteiger partial charge >= 0.3 is 0 Å². The molecule has 0 bridgehead atoms. The Morgan fingerprint density at radius 2 is 2.06 bits per heavy atom. The van der Waals surface area contributed by atoms with Gasteiger partial charge in [-0.1, -0.05) is 0 Å². The number of anilines is 1. The van der Waals surface area contributed by atoms with Crippen LogP contribution in [-0.2, 0) is 0 Å². The number of non-ortho nitro benzene ring substituents is 1. The maximum Gasteiger partial charge on any atom is 0.271 e. The first kappa shape index (κ1) is 10.7. The van der Waals surface area contributed by atoms with Crippen LogP contribution < -0.4 is 10.5 Å². The van der Waals surface area contributed by atoms with E-state index < -0.39 is 4.92 Å². The second-order valence-electron chi connectivity index (χ2n) is 4.00. The van der Waals surface area contributed by atoms with Crippen LogP contribution in [0.2, 0.25) is 0 Å². The zero-order valence-corrected chi connectivity index (χ0v) is 8.89. The molecule has 1 aliphatic carbocycles. The third-order valence-corrected chi connectivity index (χ3v) is 2.80. The summed E-state index contributed by atoms with van der Waals surface area (Å²) >= 11 is 0. The molecule has 86 valence electrons. The number of nitrogen functional groups attached to an aromatic ring is 1. The number of ether oxygens (including phenoxy) is 1. The SMILES string of the molecule is Nc1cc([N+](=O)[O-])ccc1OC1CCCC1. The van der Waals surface area contributed by atoms with Crippen molar-refractivity contribution in [1.29, 1.82) is 0 Å². The van der Waals surface area contributed by atoms with Gasteiger partial charge in [0.05, 0.1) is 16.7 Å². The molecule has 0 radical (unpaired) electrons. The molecule has 1 fully saturated rings. The van der Waals surface area contributed by atoms with Gasteiger partial charge in [0.2, 0.25) is 0 Å². The van der Waals surface area contributed by atoms with Crippen molar-refractivity contribution in [2.24, 2.45) is 0 Å². The fourth-order valence-electron chi connectivity index (χ4n) is 1.94. The molecular weight excluding hydrogens is 208 g/mol. The van der Waals surface area contributed by atoms with E-state index in [1.165, 1.54) is 25.0 Å². The van der Waals surface area contributed by atoms with E-state index in [9.17, 15) is 10.1 Å². The minimum atomic E-state index is -0.463. The molecule has 1 aromatic rings. The van der Waals surface area contributed by atoms with Crippen molar-refractivity contribution in [3.63, 3.8) is 0 Å². The highest BCUT2D eigenvalue weighted by Gasteiger charge is 2.18. The van der Waals surface area contributed by atoms with Gasteiger partial charge in [-0.05, 0) is 31.7 Å². The van der Waals surface area contributed by atoms with Gasteiger partial charge in [-0.15, -0.1) is 0 Å². The summed E-state index contributed by atoms with van der Waals surface area (Å²) in [7, 11) is 0. The second kappa shape index (κ2) is 4.38. The normalized spacial score (nSPS) is 16.2. The maximum atomic E-state index is 10.5. The van der Waals surface area contributed by atoms with E-state index in [1.807, 2.05) is 0 Å². The molecule has 2 N–H and O–H groups in total. The predicted molar refractivity (Wildman–Crippen MR) is 60.4 cm³/mol. The van der Waals surface area contributed by atoms with E-state index in [2.05, 4.69) is 0 Å². The molecule has 0 unspecified atom stereocenters. The van der Waals surface area contributed by atoms with Gasteiger partial charge in [0.1, 0.15) is 5.75 Å². The largest absolute Gasteiger partial charge is 0.488 e. The summed E-state index contributed by atoms with van der Waals surface area (Å²) in [5.74, 6) is 0.553. The summed E-state index contributed by atoms with van der Waals surface area (Å²) in [6, 6.07) is 4.33. The highest BCUT2D eigenvalue weighted by atomic mass is 16.6. The Hall–Kier alpha value is -1.78. The van der Waals surface area contributed by atoms with Crippen LogP contribution in [0.5, 0.6) is 5.75 Å². The highest BCUT2D eigenvalue weighted by molar-refractivity contribution is 5.58. The molecule has 2 rings (SSSR count). The minimum Gasteiger partial charge on any atom is -0.488 e. The van der Waals surface area contributed by atoms with Gasteiger partial charge in [0.25, 0.3) is 5.69 Å². The lowest BCUT2D eigenvalue weighted by molar-refractivity contribution is -0.384. The van der Waals surface area contributed by atoms with Gasteiger partial charge in [-0.3, -0.25) is 10.1 Å². The zero-order valence-electron chi connectivity index (χ0n) is 8.89. The van der Waals surface area contributed by atoms with E-state index in [4.69, 9.17) is 10.5 Å². The van der Waals surface area contributed by atoms with Crippen molar-refractivity contribution in [2.75, 3.05) is 5.73 Å². The summed E-state index contributed by atoms with van der Waals surface area (Å²) < 4.78 is 5.69. The number of nitrogens with two attached hydrogens (primary N) is 1. The number of nitrogens with zero attached hydrogens (tertiary/aromatic N) is 1. The number of nitro benzene ring substituents is 1. The van der Waals surface area contributed by atoms with Crippen LogP contribution >= 0.6 is 0 Å². The minimum absolute atomic E-state index is 0.00345. The highest BCUT2D eigenvalue weighted by Crippen LogP contribution is 2.30. The van der Waals surface area contributed by atoms with Gasteiger partial charge < -0.3 is 10.5 Å². The lowest BCUT2D eigenvalue weighted by Gasteiger charge is -2.14. The van der Waals surface area contributed by atoms with Gasteiger partial charge in [0.15, 0.2) is 0 Å². The smallest absolute Gasteiger partial charge is 0.271 e. The molecule has 0 spiro atoms. The van der Waals surface area contributed by atoms with Crippen molar-refractivity contribution in [2.45, 2.75) is 31.8 Å². The average Bonchev–Trinajstić information content (AvgIpc) is 2.73. The molecule has 5 heteroatoms. The molecular formula is C11H14N2O3. The van der Waals surface area contributed by atoms with Crippen LogP contribution in [0, 0.1) is 10.1 Å². The molecule has 5 nitrogen and oxygen atoms in total. The van der Waals surface area contributed by atoms with E-state index in [0.717, 1.165) is 12.8 Å². The quantitative estimate of drug-likeness (QED) is 0.484. The average molecular weight is 222 g/mol. The Morgan fingerprint density at radius 1 is 1.38 bits per heavy atom. The van der Waals surface area contributed by atoms with Gasteiger partial charge in [-0.25, -0.2) is 0 Å².